The standard InChI is InChI=1S/C25H30N4O2/c30-23(16-28-12-11-18-5-1-2-6-19(18)15-28)17-29-25(31)24-10-9-22(13-20(24)14-26-29)27-21-7-3-4-8-21/h1-2,5-6,9-10,13-14,21,23,27,30H,3-4,7-8,11-12,15-17H2/t23-/m1/s1. The molecule has 2 aromatic carbocycles. The largest absolute Gasteiger partial charge is 0.390 e. The lowest BCUT2D eigenvalue weighted by atomic mass is 10.00. The Labute approximate surface area is 182 Å². The molecule has 2 N–H and O–H groups in total. The van der Waals surface area contributed by atoms with Gasteiger partial charge in [-0.05, 0) is 48.6 Å². The number of hydrogen-bond donors (Lipinski definition) is 2. The van der Waals surface area contributed by atoms with Crippen molar-refractivity contribution >= 4 is 16.5 Å². The van der Waals surface area contributed by atoms with Gasteiger partial charge in [-0.25, -0.2) is 4.68 Å². The van der Waals surface area contributed by atoms with E-state index in [1.54, 1.807) is 6.20 Å². The predicted molar refractivity (Wildman–Crippen MR) is 123 cm³/mol. The molecule has 3 aromatic rings. The van der Waals surface area contributed by atoms with Crippen LogP contribution in [0.4, 0.5) is 5.69 Å². The van der Waals surface area contributed by atoms with Crippen molar-refractivity contribution in [3.8, 4) is 0 Å². The molecule has 162 valence electrons. The second-order valence-electron chi connectivity index (χ2n) is 8.97. The minimum absolute atomic E-state index is 0.145. The Bertz CT molecular complexity index is 1120. The van der Waals surface area contributed by atoms with Crippen molar-refractivity contribution in [1.82, 2.24) is 14.7 Å². The molecule has 6 heteroatoms. The average molecular weight is 419 g/mol. The summed E-state index contributed by atoms with van der Waals surface area (Å²) in [5.41, 5.74) is 3.61. The number of nitrogens with one attached hydrogen (secondary N) is 1. The summed E-state index contributed by atoms with van der Waals surface area (Å²) in [6.07, 6.45) is 7.06. The molecule has 0 amide bonds. The van der Waals surface area contributed by atoms with Crippen LogP contribution in [0.1, 0.15) is 36.8 Å². The highest BCUT2D eigenvalue weighted by Gasteiger charge is 2.20. The lowest BCUT2D eigenvalue weighted by Gasteiger charge is -2.30. The van der Waals surface area contributed by atoms with E-state index in [9.17, 15) is 9.90 Å². The molecule has 0 radical (unpaired) electrons. The van der Waals surface area contributed by atoms with Crippen LogP contribution in [0, 0.1) is 0 Å². The summed E-state index contributed by atoms with van der Waals surface area (Å²) in [5, 5.41) is 20.1. The number of nitrogens with zero attached hydrogens (tertiary/aromatic N) is 3. The fourth-order valence-corrected chi connectivity index (χ4v) is 4.98. The van der Waals surface area contributed by atoms with Crippen molar-refractivity contribution in [2.24, 2.45) is 0 Å². The van der Waals surface area contributed by atoms with E-state index in [-0.39, 0.29) is 12.1 Å². The third-order valence-electron chi connectivity index (χ3n) is 6.64. The number of anilines is 1. The van der Waals surface area contributed by atoms with E-state index in [0.29, 0.717) is 18.0 Å². The van der Waals surface area contributed by atoms with Crippen molar-refractivity contribution in [1.29, 1.82) is 0 Å². The molecule has 2 heterocycles. The maximum absolute atomic E-state index is 12.9. The quantitative estimate of drug-likeness (QED) is 0.644. The van der Waals surface area contributed by atoms with E-state index < -0.39 is 6.10 Å². The zero-order valence-electron chi connectivity index (χ0n) is 17.8. The molecular formula is C25H30N4O2. The van der Waals surface area contributed by atoms with Crippen molar-refractivity contribution in [3.63, 3.8) is 0 Å². The molecule has 0 bridgehead atoms. The van der Waals surface area contributed by atoms with Crippen molar-refractivity contribution in [2.75, 3.05) is 18.4 Å². The first kappa shape index (κ1) is 20.2. The van der Waals surface area contributed by atoms with Gasteiger partial charge in [-0.2, -0.15) is 5.10 Å². The third-order valence-corrected chi connectivity index (χ3v) is 6.64. The van der Waals surface area contributed by atoms with Gasteiger partial charge in [0, 0.05) is 36.7 Å². The molecular weight excluding hydrogens is 388 g/mol. The number of hydrogen-bond acceptors (Lipinski definition) is 5. The molecule has 2 aliphatic rings. The molecule has 0 spiro atoms. The number of aliphatic hydroxyl groups is 1. The van der Waals surface area contributed by atoms with E-state index in [4.69, 9.17) is 0 Å². The molecule has 0 saturated heterocycles. The molecule has 0 unspecified atom stereocenters. The van der Waals surface area contributed by atoms with E-state index >= 15 is 0 Å². The van der Waals surface area contributed by atoms with Gasteiger partial charge in [-0.1, -0.05) is 37.1 Å². The second kappa shape index (κ2) is 8.81. The number of β-amino-alcohol motifs (C(OH)–C–C–N with tert-alkyl or cyclic N) is 1. The SMILES string of the molecule is O=c1c2ccc(NC3CCCC3)cc2cnn1C[C@H](O)CN1CCc2ccccc2C1. The zero-order valence-corrected chi connectivity index (χ0v) is 17.8. The van der Waals surface area contributed by atoms with Gasteiger partial charge < -0.3 is 10.4 Å². The minimum Gasteiger partial charge on any atom is -0.390 e. The summed E-state index contributed by atoms with van der Waals surface area (Å²) in [4.78, 5) is 15.2. The molecule has 1 aromatic heterocycles. The van der Waals surface area contributed by atoms with Crippen LogP contribution in [-0.2, 0) is 19.5 Å². The predicted octanol–water partition coefficient (Wildman–Crippen LogP) is 3.17. The van der Waals surface area contributed by atoms with Gasteiger partial charge in [-0.15, -0.1) is 0 Å². The summed E-state index contributed by atoms with van der Waals surface area (Å²) in [6, 6.07) is 14.9. The van der Waals surface area contributed by atoms with Crippen molar-refractivity contribution < 1.29 is 5.11 Å². The van der Waals surface area contributed by atoms with Crippen LogP contribution in [0.15, 0.2) is 53.5 Å². The summed E-state index contributed by atoms with van der Waals surface area (Å²) in [6.45, 7) is 2.49. The van der Waals surface area contributed by atoms with Crippen LogP contribution in [0.25, 0.3) is 10.8 Å². The molecule has 1 fully saturated rings. The Balaban J connectivity index is 1.25. The Kier molecular flexibility index (Phi) is 5.74. The van der Waals surface area contributed by atoms with Gasteiger partial charge >= 0.3 is 0 Å². The van der Waals surface area contributed by atoms with Gasteiger partial charge in [0.05, 0.1) is 24.2 Å². The number of aliphatic hydroxyl groups excluding tert-OH is 1. The summed E-state index contributed by atoms with van der Waals surface area (Å²) >= 11 is 0. The van der Waals surface area contributed by atoms with Crippen molar-refractivity contribution in [3.05, 3.63) is 70.1 Å². The van der Waals surface area contributed by atoms with E-state index in [1.165, 1.54) is 41.5 Å². The minimum atomic E-state index is -0.642. The van der Waals surface area contributed by atoms with Crippen molar-refractivity contribution in [2.45, 2.75) is 57.3 Å². The number of fused-ring (bicyclic) bond motifs is 2. The third kappa shape index (κ3) is 4.50. The monoisotopic (exact) mass is 418 g/mol. The number of benzene rings is 2. The highest BCUT2D eigenvalue weighted by atomic mass is 16.3. The Hall–Kier alpha value is -2.70. The lowest BCUT2D eigenvalue weighted by Crippen LogP contribution is -2.40. The molecule has 1 saturated carbocycles. The van der Waals surface area contributed by atoms with Crippen LogP contribution >= 0.6 is 0 Å². The van der Waals surface area contributed by atoms with Crippen LogP contribution in [0.3, 0.4) is 0 Å². The summed E-state index contributed by atoms with van der Waals surface area (Å²) < 4.78 is 1.40. The van der Waals surface area contributed by atoms with Gasteiger partial charge in [-0.3, -0.25) is 9.69 Å². The highest BCUT2D eigenvalue weighted by molar-refractivity contribution is 5.84. The Morgan fingerprint density at radius 2 is 1.90 bits per heavy atom. The van der Waals surface area contributed by atoms with Gasteiger partial charge in [0.2, 0.25) is 0 Å². The average Bonchev–Trinajstić information content (AvgIpc) is 3.29. The van der Waals surface area contributed by atoms with E-state index in [1.807, 2.05) is 18.2 Å². The fourth-order valence-electron chi connectivity index (χ4n) is 4.98. The molecule has 1 aliphatic heterocycles. The van der Waals surface area contributed by atoms with E-state index in [2.05, 4.69) is 39.6 Å². The first-order valence-electron chi connectivity index (χ1n) is 11.4. The molecule has 1 atom stereocenters. The van der Waals surface area contributed by atoms with Gasteiger partial charge in [0.1, 0.15) is 0 Å². The van der Waals surface area contributed by atoms with Gasteiger partial charge in [0.25, 0.3) is 5.56 Å². The lowest BCUT2D eigenvalue weighted by molar-refractivity contribution is 0.0878. The molecule has 31 heavy (non-hydrogen) atoms. The molecule has 5 rings (SSSR count). The van der Waals surface area contributed by atoms with Gasteiger partial charge in [0.15, 0.2) is 0 Å². The van der Waals surface area contributed by atoms with Crippen LogP contribution in [0.5, 0.6) is 0 Å². The smallest absolute Gasteiger partial charge is 0.274 e. The Morgan fingerprint density at radius 3 is 2.74 bits per heavy atom. The topological polar surface area (TPSA) is 70.4 Å². The number of rotatable bonds is 6. The van der Waals surface area contributed by atoms with Crippen LogP contribution in [-0.4, -0.2) is 45.0 Å². The van der Waals surface area contributed by atoms with Crippen LogP contribution < -0.4 is 10.9 Å². The zero-order chi connectivity index (χ0) is 21.2. The Morgan fingerprint density at radius 1 is 1.10 bits per heavy atom. The number of aromatic nitrogens is 2. The van der Waals surface area contributed by atoms with E-state index in [0.717, 1.165) is 30.6 Å². The first-order valence-corrected chi connectivity index (χ1v) is 11.4. The highest BCUT2D eigenvalue weighted by Crippen LogP contribution is 2.24. The second-order valence-corrected chi connectivity index (χ2v) is 8.97. The summed E-state index contributed by atoms with van der Waals surface area (Å²) in [7, 11) is 0. The maximum atomic E-state index is 12.9. The van der Waals surface area contributed by atoms with Crippen LogP contribution in [0.2, 0.25) is 0 Å². The maximum Gasteiger partial charge on any atom is 0.274 e. The fraction of sp³-hybridized carbons (Fsp3) is 0.440. The summed E-state index contributed by atoms with van der Waals surface area (Å²) in [5.74, 6) is 0. The molecule has 6 nitrogen and oxygen atoms in total. The normalized spacial score (nSPS) is 18.2. The first-order chi connectivity index (χ1) is 15.2. The molecule has 1 aliphatic carbocycles.